The summed E-state index contributed by atoms with van der Waals surface area (Å²) in [5.74, 6) is 0.828. The molecule has 0 fully saturated rings. The van der Waals surface area contributed by atoms with Gasteiger partial charge in [0.1, 0.15) is 5.75 Å². The van der Waals surface area contributed by atoms with E-state index >= 15 is 0 Å². The highest BCUT2D eigenvalue weighted by atomic mass is 16.5. The van der Waals surface area contributed by atoms with Crippen LogP contribution in [0.15, 0.2) is 42.6 Å². The monoisotopic (exact) mass is 311 g/mol. The van der Waals surface area contributed by atoms with E-state index in [4.69, 9.17) is 4.74 Å². The van der Waals surface area contributed by atoms with Crippen molar-refractivity contribution < 1.29 is 4.74 Å². The highest BCUT2D eigenvalue weighted by Gasteiger charge is 2.09. The summed E-state index contributed by atoms with van der Waals surface area (Å²) >= 11 is 0. The highest BCUT2D eigenvalue weighted by Crippen LogP contribution is 2.22. The summed E-state index contributed by atoms with van der Waals surface area (Å²) in [7, 11) is 3.59. The predicted molar refractivity (Wildman–Crippen MR) is 89.0 cm³/mol. The van der Waals surface area contributed by atoms with Crippen LogP contribution in [0.1, 0.15) is 24.4 Å². The average molecular weight is 311 g/mol. The van der Waals surface area contributed by atoms with Crippen molar-refractivity contribution in [2.45, 2.75) is 19.5 Å². The molecule has 0 spiro atoms. The molecule has 0 saturated carbocycles. The van der Waals surface area contributed by atoms with Crippen LogP contribution in [0.25, 0.3) is 11.3 Å². The number of aromatic amines is 1. The minimum atomic E-state index is 0.180. The van der Waals surface area contributed by atoms with E-state index < -0.39 is 0 Å². The van der Waals surface area contributed by atoms with Gasteiger partial charge in [0.2, 0.25) is 0 Å². The summed E-state index contributed by atoms with van der Waals surface area (Å²) in [5.41, 5.74) is 4.00. The lowest BCUT2D eigenvalue weighted by atomic mass is 10.1. The van der Waals surface area contributed by atoms with Gasteiger partial charge >= 0.3 is 0 Å². The fourth-order valence-electron chi connectivity index (χ4n) is 2.41. The number of nitrogens with zero attached hydrogens (tertiary/aromatic N) is 3. The molecule has 0 bridgehead atoms. The summed E-state index contributed by atoms with van der Waals surface area (Å²) < 4.78 is 7.06. The molecule has 1 unspecified atom stereocenters. The van der Waals surface area contributed by atoms with Gasteiger partial charge in [-0.15, -0.1) is 0 Å². The minimum Gasteiger partial charge on any atom is -0.497 e. The number of benzene rings is 1. The molecule has 2 heterocycles. The van der Waals surface area contributed by atoms with E-state index in [9.17, 15) is 0 Å². The van der Waals surface area contributed by atoms with E-state index in [2.05, 4.69) is 27.5 Å². The average Bonchev–Trinajstić information content (AvgIpc) is 3.22. The number of H-pyrrole nitrogens is 1. The maximum absolute atomic E-state index is 5.25. The minimum absolute atomic E-state index is 0.180. The van der Waals surface area contributed by atoms with E-state index in [0.717, 1.165) is 28.4 Å². The molecule has 0 saturated heterocycles. The Morgan fingerprint density at radius 2 is 2.17 bits per heavy atom. The molecule has 0 radical (unpaired) electrons. The number of methoxy groups -OCH3 is 1. The molecule has 0 aliphatic heterocycles. The molecular formula is C17H21N5O. The van der Waals surface area contributed by atoms with Crippen molar-refractivity contribution in [2.24, 2.45) is 7.05 Å². The first kappa shape index (κ1) is 15.3. The number of aromatic nitrogens is 4. The van der Waals surface area contributed by atoms with Crippen LogP contribution in [-0.2, 0) is 13.6 Å². The van der Waals surface area contributed by atoms with Gasteiger partial charge in [0.05, 0.1) is 18.5 Å². The molecule has 0 aliphatic carbocycles. The molecule has 6 heteroatoms. The smallest absolute Gasteiger partial charge is 0.119 e. The van der Waals surface area contributed by atoms with Crippen LogP contribution in [-0.4, -0.2) is 27.1 Å². The molecule has 3 rings (SSSR count). The van der Waals surface area contributed by atoms with Crippen LogP contribution < -0.4 is 10.1 Å². The number of rotatable bonds is 6. The standard InChI is InChI=1S/C17H21N5O/c1-12(16-7-8-22(2)21-16)18-11-14-10-17(20-19-14)13-5-4-6-15(9-13)23-3/h4-10,12,18H,11H2,1-3H3,(H,19,20). The van der Waals surface area contributed by atoms with Gasteiger partial charge in [-0.3, -0.25) is 9.78 Å². The van der Waals surface area contributed by atoms with Gasteiger partial charge in [0.25, 0.3) is 0 Å². The Kier molecular flexibility index (Phi) is 4.43. The normalized spacial score (nSPS) is 12.3. The fourth-order valence-corrected chi connectivity index (χ4v) is 2.41. The van der Waals surface area contributed by atoms with Crippen LogP contribution >= 0.6 is 0 Å². The van der Waals surface area contributed by atoms with Crippen molar-refractivity contribution in [2.75, 3.05) is 7.11 Å². The van der Waals surface area contributed by atoms with Crippen molar-refractivity contribution >= 4 is 0 Å². The van der Waals surface area contributed by atoms with Crippen LogP contribution in [0.3, 0.4) is 0 Å². The molecule has 6 nitrogen and oxygen atoms in total. The third kappa shape index (κ3) is 3.60. The van der Waals surface area contributed by atoms with Gasteiger partial charge in [0, 0.05) is 37.1 Å². The van der Waals surface area contributed by atoms with Crippen molar-refractivity contribution in [3.63, 3.8) is 0 Å². The van der Waals surface area contributed by atoms with Gasteiger partial charge in [-0.25, -0.2) is 0 Å². The van der Waals surface area contributed by atoms with Crippen LogP contribution in [0.4, 0.5) is 0 Å². The Balaban J connectivity index is 1.65. The Labute approximate surface area is 135 Å². The van der Waals surface area contributed by atoms with Gasteiger partial charge in [-0.2, -0.15) is 10.2 Å². The molecule has 0 amide bonds. The Morgan fingerprint density at radius 1 is 1.30 bits per heavy atom. The van der Waals surface area contributed by atoms with Crippen molar-refractivity contribution in [1.29, 1.82) is 0 Å². The van der Waals surface area contributed by atoms with E-state index in [0.29, 0.717) is 6.54 Å². The molecule has 1 atom stereocenters. The quantitative estimate of drug-likeness (QED) is 0.734. The van der Waals surface area contributed by atoms with E-state index in [1.807, 2.05) is 54.3 Å². The Hall–Kier alpha value is -2.60. The molecule has 120 valence electrons. The number of nitrogens with one attached hydrogen (secondary N) is 2. The molecule has 2 aromatic heterocycles. The fraction of sp³-hybridized carbons (Fsp3) is 0.294. The molecule has 3 aromatic rings. The zero-order valence-electron chi connectivity index (χ0n) is 13.6. The maximum Gasteiger partial charge on any atom is 0.119 e. The summed E-state index contributed by atoms with van der Waals surface area (Å²) in [5, 5.41) is 15.3. The Morgan fingerprint density at radius 3 is 2.91 bits per heavy atom. The SMILES string of the molecule is COc1cccc(-c2cc(CNC(C)c3ccn(C)n3)[nH]n2)c1. The van der Waals surface area contributed by atoms with Crippen molar-refractivity contribution in [1.82, 2.24) is 25.3 Å². The zero-order valence-corrected chi connectivity index (χ0v) is 13.6. The second-order valence-corrected chi connectivity index (χ2v) is 5.53. The topological polar surface area (TPSA) is 67.8 Å². The van der Waals surface area contributed by atoms with Crippen LogP contribution in [0.2, 0.25) is 0 Å². The summed E-state index contributed by atoms with van der Waals surface area (Å²) in [6.45, 7) is 2.80. The van der Waals surface area contributed by atoms with Gasteiger partial charge in [0.15, 0.2) is 0 Å². The summed E-state index contributed by atoms with van der Waals surface area (Å²) in [6, 6.07) is 12.1. The molecule has 23 heavy (non-hydrogen) atoms. The molecule has 2 N–H and O–H groups in total. The lowest BCUT2D eigenvalue weighted by molar-refractivity contribution is 0.415. The van der Waals surface area contributed by atoms with Crippen molar-refractivity contribution in [3.8, 4) is 17.0 Å². The third-order valence-corrected chi connectivity index (χ3v) is 3.77. The number of aryl methyl sites for hydroxylation is 1. The van der Waals surface area contributed by atoms with Crippen LogP contribution in [0, 0.1) is 0 Å². The van der Waals surface area contributed by atoms with Crippen LogP contribution in [0.5, 0.6) is 5.75 Å². The molecule has 0 aliphatic rings. The second kappa shape index (κ2) is 6.66. The van der Waals surface area contributed by atoms with E-state index in [-0.39, 0.29) is 6.04 Å². The predicted octanol–water partition coefficient (Wildman–Crippen LogP) is 2.67. The molecule has 1 aromatic carbocycles. The van der Waals surface area contributed by atoms with Gasteiger partial charge < -0.3 is 10.1 Å². The first-order valence-corrected chi connectivity index (χ1v) is 7.57. The number of hydrogen-bond donors (Lipinski definition) is 2. The summed E-state index contributed by atoms with van der Waals surface area (Å²) in [6.07, 6.45) is 1.95. The lowest BCUT2D eigenvalue weighted by Crippen LogP contribution is -2.18. The lowest BCUT2D eigenvalue weighted by Gasteiger charge is -2.09. The van der Waals surface area contributed by atoms with Crippen molar-refractivity contribution in [3.05, 3.63) is 54.0 Å². The maximum atomic E-state index is 5.25. The first-order chi connectivity index (χ1) is 11.2. The third-order valence-electron chi connectivity index (χ3n) is 3.77. The summed E-state index contributed by atoms with van der Waals surface area (Å²) in [4.78, 5) is 0. The van der Waals surface area contributed by atoms with E-state index in [1.165, 1.54) is 0 Å². The van der Waals surface area contributed by atoms with Gasteiger partial charge in [-0.05, 0) is 31.2 Å². The number of ether oxygens (including phenoxy) is 1. The second-order valence-electron chi connectivity index (χ2n) is 5.53. The molecular weight excluding hydrogens is 290 g/mol. The largest absolute Gasteiger partial charge is 0.497 e. The Bertz CT molecular complexity index is 777. The zero-order chi connectivity index (χ0) is 16.2. The van der Waals surface area contributed by atoms with E-state index in [1.54, 1.807) is 7.11 Å². The highest BCUT2D eigenvalue weighted by molar-refractivity contribution is 5.61. The van der Waals surface area contributed by atoms with Gasteiger partial charge in [-0.1, -0.05) is 12.1 Å². The first-order valence-electron chi connectivity index (χ1n) is 7.57. The number of hydrogen-bond acceptors (Lipinski definition) is 4.